The molecule has 0 aliphatic carbocycles. The Labute approximate surface area is 185 Å². The van der Waals surface area contributed by atoms with Crippen molar-refractivity contribution >= 4 is 21.8 Å². The molecule has 0 fully saturated rings. The van der Waals surface area contributed by atoms with Gasteiger partial charge in [0.15, 0.2) is 0 Å². The van der Waals surface area contributed by atoms with E-state index < -0.39 is 45.1 Å². The molecule has 0 bridgehead atoms. The maximum absolute atomic E-state index is 12.7. The smallest absolute Gasteiger partial charge is 0.408 e. The molecular formula is C22H36N2O6S. The molecule has 0 radical (unpaired) electrons. The Kier molecular flexibility index (Phi) is 9.50. The predicted octanol–water partition coefficient (Wildman–Crippen LogP) is 3.78. The van der Waals surface area contributed by atoms with Crippen molar-refractivity contribution in [2.75, 3.05) is 11.5 Å². The monoisotopic (exact) mass is 456 g/mol. The van der Waals surface area contributed by atoms with Gasteiger partial charge in [0.25, 0.3) is 0 Å². The molecule has 8 nitrogen and oxygen atoms in total. The number of esters is 1. The minimum atomic E-state index is -3.09. The number of alkyl carbamates (subject to hydrolysis) is 1. The molecule has 1 amide bonds. The zero-order valence-electron chi connectivity index (χ0n) is 19.3. The number of hydrogen-bond donors (Lipinski definition) is 3. The topological polar surface area (TPSA) is 126 Å². The van der Waals surface area contributed by atoms with Crippen molar-refractivity contribution in [3.63, 3.8) is 0 Å². The average Bonchev–Trinajstić information content (AvgIpc) is 2.61. The fourth-order valence-corrected chi connectivity index (χ4v) is 4.05. The Balaban J connectivity index is 2.75. The molecule has 1 aromatic carbocycles. The SMILES string of the molecule is CC(C)(C)OC(=O)NC(CCS(=N)(=O)CCC(O)c1ccccc1)C(=O)OC(C)(C)C. The molecule has 31 heavy (non-hydrogen) atoms. The number of amides is 1. The van der Waals surface area contributed by atoms with E-state index in [1.54, 1.807) is 65.8 Å². The van der Waals surface area contributed by atoms with Gasteiger partial charge in [-0.3, -0.25) is 4.78 Å². The van der Waals surface area contributed by atoms with Gasteiger partial charge in [0.05, 0.1) is 6.10 Å². The second-order valence-electron chi connectivity index (χ2n) is 9.46. The third-order valence-electron chi connectivity index (χ3n) is 4.02. The summed E-state index contributed by atoms with van der Waals surface area (Å²) in [5.41, 5.74) is -0.831. The highest BCUT2D eigenvalue weighted by Gasteiger charge is 2.29. The maximum Gasteiger partial charge on any atom is 0.408 e. The summed E-state index contributed by atoms with van der Waals surface area (Å²) in [6.45, 7) is 10.2. The van der Waals surface area contributed by atoms with Gasteiger partial charge in [-0.2, -0.15) is 0 Å². The molecule has 3 unspecified atom stereocenters. The van der Waals surface area contributed by atoms with Crippen molar-refractivity contribution < 1.29 is 28.4 Å². The number of nitrogens with one attached hydrogen (secondary N) is 2. The van der Waals surface area contributed by atoms with E-state index in [2.05, 4.69) is 5.32 Å². The Morgan fingerprint density at radius 1 is 1.00 bits per heavy atom. The van der Waals surface area contributed by atoms with Gasteiger partial charge in [-0.25, -0.2) is 13.8 Å². The number of aliphatic hydroxyl groups excluding tert-OH is 1. The average molecular weight is 457 g/mol. The Bertz CT molecular complexity index is 826. The summed E-state index contributed by atoms with van der Waals surface area (Å²) in [6.07, 6.45) is -1.51. The van der Waals surface area contributed by atoms with Crippen LogP contribution in [0.15, 0.2) is 30.3 Å². The normalized spacial score (nSPS) is 16.0. The zero-order chi connectivity index (χ0) is 23.9. The first-order chi connectivity index (χ1) is 14.1. The quantitative estimate of drug-likeness (QED) is 0.486. The van der Waals surface area contributed by atoms with E-state index in [1.807, 2.05) is 6.07 Å². The number of carbonyl (C=O) groups excluding carboxylic acids is 2. The van der Waals surface area contributed by atoms with Crippen molar-refractivity contribution in [2.45, 2.75) is 77.7 Å². The van der Waals surface area contributed by atoms with Gasteiger partial charge in [0.2, 0.25) is 0 Å². The highest BCUT2D eigenvalue weighted by Crippen LogP contribution is 2.18. The molecule has 176 valence electrons. The van der Waals surface area contributed by atoms with E-state index in [0.717, 1.165) is 0 Å². The van der Waals surface area contributed by atoms with E-state index >= 15 is 0 Å². The van der Waals surface area contributed by atoms with Crippen LogP contribution in [-0.2, 0) is 24.0 Å². The first kappa shape index (κ1) is 26.9. The van der Waals surface area contributed by atoms with Crippen LogP contribution < -0.4 is 5.32 Å². The lowest BCUT2D eigenvalue weighted by atomic mass is 10.1. The number of hydrogen-bond acceptors (Lipinski definition) is 7. The Hall–Kier alpha value is -2.13. The van der Waals surface area contributed by atoms with Crippen LogP contribution >= 0.6 is 0 Å². The second kappa shape index (κ2) is 10.9. The van der Waals surface area contributed by atoms with Crippen molar-refractivity contribution in [2.24, 2.45) is 0 Å². The molecular weight excluding hydrogens is 420 g/mol. The lowest BCUT2D eigenvalue weighted by molar-refractivity contribution is -0.157. The fraction of sp³-hybridized carbons (Fsp3) is 0.636. The van der Waals surface area contributed by atoms with E-state index in [-0.39, 0.29) is 24.3 Å². The number of ether oxygens (including phenoxy) is 2. The van der Waals surface area contributed by atoms with Gasteiger partial charge in [-0.05, 0) is 59.9 Å². The minimum Gasteiger partial charge on any atom is -0.458 e. The molecule has 9 heteroatoms. The fourth-order valence-electron chi connectivity index (χ4n) is 2.63. The zero-order valence-corrected chi connectivity index (χ0v) is 20.1. The number of aliphatic hydroxyl groups is 1. The Morgan fingerprint density at radius 2 is 1.52 bits per heavy atom. The first-order valence-electron chi connectivity index (χ1n) is 10.3. The molecule has 3 N–H and O–H groups in total. The van der Waals surface area contributed by atoms with Gasteiger partial charge >= 0.3 is 12.1 Å². The van der Waals surface area contributed by atoms with E-state index in [1.165, 1.54) is 0 Å². The standard InChI is InChI=1S/C22H36N2O6S/c1-21(2,3)29-19(26)17(24-20(27)30-22(4,5)6)12-14-31(23,28)15-13-18(25)16-10-8-7-9-11-16/h7-11,17-18,23,25H,12-15H2,1-6H3,(H,24,27). The van der Waals surface area contributed by atoms with E-state index in [4.69, 9.17) is 14.3 Å². The van der Waals surface area contributed by atoms with E-state index in [0.29, 0.717) is 5.56 Å². The lowest BCUT2D eigenvalue weighted by Crippen LogP contribution is -2.46. The highest BCUT2D eigenvalue weighted by molar-refractivity contribution is 7.92. The summed E-state index contributed by atoms with van der Waals surface area (Å²) in [6, 6.07) is 7.85. The van der Waals surface area contributed by atoms with Crippen molar-refractivity contribution in [3.8, 4) is 0 Å². The second-order valence-corrected chi connectivity index (χ2v) is 11.9. The van der Waals surface area contributed by atoms with Crippen LogP contribution in [-0.4, -0.2) is 50.1 Å². The summed E-state index contributed by atoms with van der Waals surface area (Å²) >= 11 is 0. The van der Waals surface area contributed by atoms with Gasteiger partial charge in [-0.15, -0.1) is 0 Å². The van der Waals surface area contributed by atoms with Crippen LogP contribution in [0.5, 0.6) is 0 Å². The van der Waals surface area contributed by atoms with Crippen LogP contribution in [0, 0.1) is 4.78 Å². The van der Waals surface area contributed by atoms with Crippen molar-refractivity contribution in [3.05, 3.63) is 35.9 Å². The third-order valence-corrected chi connectivity index (χ3v) is 5.81. The largest absolute Gasteiger partial charge is 0.458 e. The van der Waals surface area contributed by atoms with Gasteiger partial charge in [0.1, 0.15) is 17.2 Å². The molecule has 1 aromatic rings. The molecule has 0 heterocycles. The van der Waals surface area contributed by atoms with Gasteiger partial charge in [0, 0.05) is 21.2 Å². The molecule has 0 aromatic heterocycles. The Morgan fingerprint density at radius 3 is 2.03 bits per heavy atom. The molecule has 0 aliphatic heterocycles. The van der Waals surface area contributed by atoms with Gasteiger partial charge < -0.3 is 19.9 Å². The third kappa shape index (κ3) is 11.7. The predicted molar refractivity (Wildman–Crippen MR) is 120 cm³/mol. The molecule has 3 atom stereocenters. The van der Waals surface area contributed by atoms with Crippen LogP contribution in [0.4, 0.5) is 4.79 Å². The minimum absolute atomic E-state index is 0.0312. The molecule has 0 aliphatic rings. The molecule has 1 rings (SSSR count). The molecule has 0 saturated heterocycles. The van der Waals surface area contributed by atoms with Crippen molar-refractivity contribution in [1.29, 1.82) is 4.78 Å². The summed E-state index contributed by atoms with van der Waals surface area (Å²) < 4.78 is 31.4. The van der Waals surface area contributed by atoms with E-state index in [9.17, 15) is 18.9 Å². The summed E-state index contributed by atoms with van der Waals surface area (Å²) in [7, 11) is -3.09. The number of carbonyl (C=O) groups is 2. The molecule has 0 saturated carbocycles. The summed E-state index contributed by atoms with van der Waals surface area (Å²) in [4.78, 5) is 24.7. The summed E-state index contributed by atoms with van der Waals surface area (Å²) in [5, 5.41) is 12.7. The number of benzene rings is 1. The first-order valence-corrected chi connectivity index (χ1v) is 12.2. The van der Waals surface area contributed by atoms with Crippen LogP contribution in [0.1, 0.15) is 66.1 Å². The van der Waals surface area contributed by atoms with Crippen LogP contribution in [0.2, 0.25) is 0 Å². The van der Waals surface area contributed by atoms with Crippen molar-refractivity contribution in [1.82, 2.24) is 5.32 Å². The van der Waals surface area contributed by atoms with Crippen LogP contribution in [0.25, 0.3) is 0 Å². The highest BCUT2D eigenvalue weighted by atomic mass is 32.2. The maximum atomic E-state index is 12.7. The summed E-state index contributed by atoms with van der Waals surface area (Å²) in [5.74, 6) is -0.844. The van der Waals surface area contributed by atoms with Crippen LogP contribution in [0.3, 0.4) is 0 Å². The van der Waals surface area contributed by atoms with Gasteiger partial charge in [-0.1, -0.05) is 30.3 Å². The lowest BCUT2D eigenvalue weighted by Gasteiger charge is -2.26. The molecule has 0 spiro atoms. The number of rotatable bonds is 9.